The van der Waals surface area contributed by atoms with Crippen molar-refractivity contribution in [2.24, 2.45) is 0 Å². The van der Waals surface area contributed by atoms with E-state index in [1.165, 1.54) is 0 Å². The molecule has 0 aliphatic carbocycles. The fraction of sp³-hybridized carbons (Fsp3) is 0.917. The molecule has 1 N–H and O–H groups in total. The summed E-state index contributed by atoms with van der Waals surface area (Å²) < 4.78 is 5.52. The minimum Gasteiger partial charge on any atom is -0.377 e. The van der Waals surface area contributed by atoms with Crippen LogP contribution in [0.1, 0.15) is 19.8 Å². The third-order valence-corrected chi connectivity index (χ3v) is 3.81. The Morgan fingerprint density at radius 2 is 1.94 bits per heavy atom. The lowest BCUT2D eigenvalue weighted by Gasteiger charge is -2.42. The molecule has 0 aromatic carbocycles. The molecule has 2 aliphatic heterocycles. The van der Waals surface area contributed by atoms with Gasteiger partial charge in [-0.1, -0.05) is 0 Å². The highest BCUT2D eigenvalue weighted by molar-refractivity contribution is 5.74. The number of amides is 2. The third kappa shape index (κ3) is 2.90. The molecule has 1 unspecified atom stereocenters. The van der Waals surface area contributed by atoms with E-state index in [1.54, 1.807) is 7.11 Å². The number of rotatable bonds is 1. The summed E-state index contributed by atoms with van der Waals surface area (Å²) in [4.78, 5) is 16.2. The van der Waals surface area contributed by atoms with Gasteiger partial charge in [0, 0.05) is 39.8 Å². The first-order chi connectivity index (χ1) is 8.14. The quantitative estimate of drug-likeness (QED) is 0.727. The van der Waals surface area contributed by atoms with E-state index in [-0.39, 0.29) is 11.6 Å². The molecule has 2 fully saturated rings. The smallest absolute Gasteiger partial charge is 0.320 e. The van der Waals surface area contributed by atoms with E-state index in [4.69, 9.17) is 4.74 Å². The molecule has 0 aromatic heterocycles. The van der Waals surface area contributed by atoms with Crippen LogP contribution in [-0.4, -0.2) is 67.8 Å². The summed E-state index contributed by atoms with van der Waals surface area (Å²) >= 11 is 0. The molecule has 2 aliphatic rings. The molecule has 98 valence electrons. The topological polar surface area (TPSA) is 44.8 Å². The third-order valence-electron chi connectivity index (χ3n) is 3.81. The number of methoxy groups -OCH3 is 1. The molecule has 0 spiro atoms. The van der Waals surface area contributed by atoms with Crippen molar-refractivity contribution in [1.29, 1.82) is 0 Å². The highest BCUT2D eigenvalue weighted by Crippen LogP contribution is 2.24. The van der Waals surface area contributed by atoms with Gasteiger partial charge in [-0.05, 0) is 19.8 Å². The number of ether oxygens (including phenoxy) is 1. The van der Waals surface area contributed by atoms with E-state index in [2.05, 4.69) is 12.2 Å². The number of piperazine rings is 1. The molecule has 0 bridgehead atoms. The van der Waals surface area contributed by atoms with Gasteiger partial charge in [-0.3, -0.25) is 0 Å². The molecule has 0 radical (unpaired) electrons. The van der Waals surface area contributed by atoms with Crippen LogP contribution in [0.4, 0.5) is 4.79 Å². The zero-order valence-electron chi connectivity index (χ0n) is 10.9. The van der Waals surface area contributed by atoms with Crippen LogP contribution in [0.15, 0.2) is 0 Å². The van der Waals surface area contributed by atoms with Crippen molar-refractivity contribution in [2.75, 3.05) is 46.4 Å². The molecule has 5 nitrogen and oxygen atoms in total. The largest absolute Gasteiger partial charge is 0.377 e. The van der Waals surface area contributed by atoms with E-state index < -0.39 is 0 Å². The van der Waals surface area contributed by atoms with Crippen molar-refractivity contribution in [1.82, 2.24) is 15.1 Å². The Hall–Kier alpha value is -0.810. The van der Waals surface area contributed by atoms with Gasteiger partial charge in [0.25, 0.3) is 0 Å². The maximum Gasteiger partial charge on any atom is 0.320 e. The number of hydrogen-bond donors (Lipinski definition) is 1. The number of urea groups is 1. The molecule has 0 saturated carbocycles. The Kier molecular flexibility index (Phi) is 3.89. The first-order valence-electron chi connectivity index (χ1n) is 6.44. The number of carbonyl (C=O) groups excluding carboxylic acids is 1. The van der Waals surface area contributed by atoms with Gasteiger partial charge in [0.05, 0.1) is 12.1 Å². The zero-order valence-corrected chi connectivity index (χ0v) is 10.9. The Morgan fingerprint density at radius 1 is 1.24 bits per heavy atom. The van der Waals surface area contributed by atoms with Crippen molar-refractivity contribution < 1.29 is 9.53 Å². The van der Waals surface area contributed by atoms with Gasteiger partial charge in [0.2, 0.25) is 0 Å². The van der Waals surface area contributed by atoms with Gasteiger partial charge >= 0.3 is 6.03 Å². The van der Waals surface area contributed by atoms with Crippen LogP contribution < -0.4 is 5.32 Å². The lowest BCUT2D eigenvalue weighted by molar-refractivity contribution is -0.0434. The number of piperidine rings is 1. The number of hydrogen-bond acceptors (Lipinski definition) is 3. The summed E-state index contributed by atoms with van der Waals surface area (Å²) in [5.74, 6) is 0. The molecule has 2 rings (SSSR count). The van der Waals surface area contributed by atoms with Crippen molar-refractivity contribution in [3.63, 3.8) is 0 Å². The highest BCUT2D eigenvalue weighted by Gasteiger charge is 2.34. The molecule has 1 atom stereocenters. The average molecular weight is 241 g/mol. The molecule has 17 heavy (non-hydrogen) atoms. The second kappa shape index (κ2) is 5.23. The van der Waals surface area contributed by atoms with Crippen LogP contribution in [0.5, 0.6) is 0 Å². The van der Waals surface area contributed by atoms with E-state index in [0.29, 0.717) is 6.54 Å². The monoisotopic (exact) mass is 241 g/mol. The van der Waals surface area contributed by atoms with Gasteiger partial charge in [-0.2, -0.15) is 0 Å². The summed E-state index contributed by atoms with van der Waals surface area (Å²) in [7, 11) is 1.73. The summed E-state index contributed by atoms with van der Waals surface area (Å²) in [6, 6.07) is 0.175. The lowest BCUT2D eigenvalue weighted by Crippen LogP contribution is -2.56. The summed E-state index contributed by atoms with van der Waals surface area (Å²) in [5, 5.41) is 3.26. The van der Waals surface area contributed by atoms with Gasteiger partial charge in [0.15, 0.2) is 0 Å². The number of likely N-dealkylation sites (tertiary alicyclic amines) is 1. The molecule has 2 saturated heterocycles. The predicted molar refractivity (Wildman–Crippen MR) is 66.1 cm³/mol. The normalized spacial score (nSPS) is 30.5. The Morgan fingerprint density at radius 3 is 2.59 bits per heavy atom. The molecule has 5 heteroatoms. The van der Waals surface area contributed by atoms with Crippen LogP contribution in [-0.2, 0) is 4.74 Å². The predicted octanol–water partition coefficient (Wildman–Crippen LogP) is 0.513. The Labute approximate surface area is 103 Å². The number of nitrogens with zero attached hydrogens (tertiary/aromatic N) is 2. The molecule has 2 amide bonds. The van der Waals surface area contributed by atoms with E-state index in [0.717, 1.165) is 45.6 Å². The van der Waals surface area contributed by atoms with E-state index in [9.17, 15) is 4.79 Å². The van der Waals surface area contributed by atoms with E-state index in [1.807, 2.05) is 9.80 Å². The molecular weight excluding hydrogens is 218 g/mol. The van der Waals surface area contributed by atoms with Crippen LogP contribution in [0.3, 0.4) is 0 Å². The Bertz CT molecular complexity index is 279. The standard InChI is InChI=1S/C12H23N3O2/c1-12(17-2)4-3-7-15(10-12)11(16)14-8-5-13-6-9-14/h13H,3-10H2,1-2H3. The fourth-order valence-corrected chi connectivity index (χ4v) is 2.59. The van der Waals surface area contributed by atoms with Crippen LogP contribution in [0.25, 0.3) is 0 Å². The average Bonchev–Trinajstić information content (AvgIpc) is 2.39. The van der Waals surface area contributed by atoms with Crippen molar-refractivity contribution in [3.8, 4) is 0 Å². The zero-order chi connectivity index (χ0) is 12.3. The minimum atomic E-state index is -0.165. The second-order valence-electron chi connectivity index (χ2n) is 5.20. The maximum atomic E-state index is 12.3. The minimum absolute atomic E-state index is 0.165. The van der Waals surface area contributed by atoms with Crippen molar-refractivity contribution in [2.45, 2.75) is 25.4 Å². The maximum absolute atomic E-state index is 12.3. The molecule has 0 aromatic rings. The lowest BCUT2D eigenvalue weighted by atomic mass is 9.95. The first kappa shape index (κ1) is 12.6. The molecular formula is C12H23N3O2. The van der Waals surface area contributed by atoms with Crippen molar-refractivity contribution >= 4 is 6.03 Å². The van der Waals surface area contributed by atoms with Crippen molar-refractivity contribution in [3.05, 3.63) is 0 Å². The first-order valence-corrected chi connectivity index (χ1v) is 6.44. The Balaban J connectivity index is 1.94. The highest BCUT2D eigenvalue weighted by atomic mass is 16.5. The van der Waals surface area contributed by atoms with Crippen LogP contribution >= 0.6 is 0 Å². The van der Waals surface area contributed by atoms with Gasteiger partial charge in [0.1, 0.15) is 0 Å². The summed E-state index contributed by atoms with van der Waals surface area (Å²) in [6.07, 6.45) is 2.07. The van der Waals surface area contributed by atoms with Gasteiger partial charge in [-0.15, -0.1) is 0 Å². The molecule has 2 heterocycles. The SMILES string of the molecule is COC1(C)CCCN(C(=O)N2CCNCC2)C1. The van der Waals surface area contributed by atoms with E-state index >= 15 is 0 Å². The fourth-order valence-electron chi connectivity index (χ4n) is 2.59. The van der Waals surface area contributed by atoms with Gasteiger partial charge in [-0.25, -0.2) is 4.79 Å². The summed E-state index contributed by atoms with van der Waals surface area (Å²) in [5.41, 5.74) is -0.165. The summed E-state index contributed by atoms with van der Waals surface area (Å²) in [6.45, 7) is 7.11. The number of nitrogens with one attached hydrogen (secondary N) is 1. The second-order valence-corrected chi connectivity index (χ2v) is 5.20. The van der Waals surface area contributed by atoms with Gasteiger partial charge < -0.3 is 19.9 Å². The van der Waals surface area contributed by atoms with Crippen LogP contribution in [0, 0.1) is 0 Å². The number of carbonyl (C=O) groups is 1. The van der Waals surface area contributed by atoms with Crippen LogP contribution in [0.2, 0.25) is 0 Å².